The van der Waals surface area contributed by atoms with Crippen LogP contribution in [-0.2, 0) is 22.1 Å². The largest absolute Gasteiger partial charge is 0.469 e. The average molecular weight is 271 g/mol. The van der Waals surface area contributed by atoms with Crippen molar-refractivity contribution in [2.24, 2.45) is 0 Å². The van der Waals surface area contributed by atoms with Crippen LogP contribution in [0.1, 0.15) is 16.8 Å². The van der Waals surface area contributed by atoms with Crippen LogP contribution in [0.15, 0.2) is 18.2 Å². The molecule has 19 heavy (non-hydrogen) atoms. The van der Waals surface area contributed by atoms with E-state index in [0.29, 0.717) is 10.9 Å². The first-order valence-electron chi connectivity index (χ1n) is 5.58. The summed E-state index contributed by atoms with van der Waals surface area (Å²) in [5.41, 5.74) is 0.222. The van der Waals surface area contributed by atoms with E-state index in [1.807, 2.05) is 0 Å². The van der Waals surface area contributed by atoms with E-state index in [0.717, 1.165) is 12.7 Å². The standard InChI is InChI=1S/C13H12F3NO2/c1-7-3-4-10-8(5-7)9(6-11(18)19-2)12(17-10)13(14,15)16/h3-5,17H,6H2,1-2H3. The summed E-state index contributed by atoms with van der Waals surface area (Å²) in [6.45, 7) is 1.78. The van der Waals surface area contributed by atoms with Crippen LogP contribution in [0.2, 0.25) is 0 Å². The van der Waals surface area contributed by atoms with Crippen LogP contribution in [0, 0.1) is 6.92 Å². The van der Waals surface area contributed by atoms with Crippen molar-refractivity contribution < 1.29 is 22.7 Å². The summed E-state index contributed by atoms with van der Waals surface area (Å²) in [5.74, 6) is -0.701. The Hall–Kier alpha value is -1.98. The molecule has 3 nitrogen and oxygen atoms in total. The first kappa shape index (κ1) is 13.5. The van der Waals surface area contributed by atoms with E-state index >= 15 is 0 Å². The number of nitrogens with one attached hydrogen (secondary N) is 1. The lowest BCUT2D eigenvalue weighted by molar-refractivity contribution is -0.143. The van der Waals surface area contributed by atoms with E-state index in [1.54, 1.807) is 25.1 Å². The fourth-order valence-electron chi connectivity index (χ4n) is 2.00. The minimum absolute atomic E-state index is 0.0712. The highest BCUT2D eigenvalue weighted by molar-refractivity contribution is 5.89. The van der Waals surface area contributed by atoms with Gasteiger partial charge in [0.1, 0.15) is 5.69 Å². The third kappa shape index (κ3) is 2.57. The molecular formula is C13H12F3NO2. The number of H-pyrrole nitrogens is 1. The molecule has 0 saturated heterocycles. The highest BCUT2D eigenvalue weighted by Gasteiger charge is 2.36. The first-order chi connectivity index (χ1) is 8.82. The lowest BCUT2D eigenvalue weighted by atomic mass is 10.1. The van der Waals surface area contributed by atoms with Crippen molar-refractivity contribution in [2.45, 2.75) is 19.5 Å². The molecule has 102 valence electrons. The highest BCUT2D eigenvalue weighted by atomic mass is 19.4. The van der Waals surface area contributed by atoms with Gasteiger partial charge in [0.15, 0.2) is 0 Å². The van der Waals surface area contributed by atoms with E-state index in [2.05, 4.69) is 9.72 Å². The quantitative estimate of drug-likeness (QED) is 0.852. The third-order valence-electron chi connectivity index (χ3n) is 2.89. The van der Waals surface area contributed by atoms with Crippen LogP contribution < -0.4 is 0 Å². The molecular weight excluding hydrogens is 259 g/mol. The molecule has 0 unspecified atom stereocenters. The number of carbonyl (C=O) groups excluding carboxylic acids is 1. The molecule has 2 rings (SSSR count). The second-order valence-corrected chi connectivity index (χ2v) is 4.28. The zero-order valence-corrected chi connectivity index (χ0v) is 10.4. The summed E-state index contributed by atoms with van der Waals surface area (Å²) >= 11 is 0. The van der Waals surface area contributed by atoms with E-state index in [4.69, 9.17) is 0 Å². The molecule has 1 aromatic carbocycles. The number of alkyl halides is 3. The zero-order chi connectivity index (χ0) is 14.2. The number of methoxy groups -OCH3 is 1. The Morgan fingerprint density at radius 1 is 1.37 bits per heavy atom. The third-order valence-corrected chi connectivity index (χ3v) is 2.89. The summed E-state index contributed by atoms with van der Waals surface area (Å²) < 4.78 is 43.3. The number of aromatic amines is 1. The number of halogens is 3. The predicted molar refractivity (Wildman–Crippen MR) is 63.8 cm³/mol. The normalized spacial score (nSPS) is 11.8. The maximum absolute atomic E-state index is 13.0. The maximum atomic E-state index is 13.0. The van der Waals surface area contributed by atoms with Crippen LogP contribution >= 0.6 is 0 Å². The van der Waals surface area contributed by atoms with Gasteiger partial charge in [-0.1, -0.05) is 11.6 Å². The number of fused-ring (bicyclic) bond motifs is 1. The number of aryl methyl sites for hydroxylation is 1. The van der Waals surface area contributed by atoms with Crippen LogP contribution in [0.4, 0.5) is 13.2 Å². The number of aromatic nitrogens is 1. The van der Waals surface area contributed by atoms with Crippen LogP contribution in [0.3, 0.4) is 0 Å². The first-order valence-corrected chi connectivity index (χ1v) is 5.58. The SMILES string of the molecule is COC(=O)Cc1c(C(F)(F)F)[nH]c2ccc(C)cc12. The second kappa shape index (κ2) is 4.60. The van der Waals surface area contributed by atoms with Crippen LogP contribution in [0.25, 0.3) is 10.9 Å². The molecule has 0 radical (unpaired) electrons. The van der Waals surface area contributed by atoms with Crippen LogP contribution in [-0.4, -0.2) is 18.1 Å². The lowest BCUT2D eigenvalue weighted by Crippen LogP contribution is -2.12. The van der Waals surface area contributed by atoms with Gasteiger partial charge in [0.05, 0.1) is 13.5 Å². The second-order valence-electron chi connectivity index (χ2n) is 4.28. The Morgan fingerprint density at radius 3 is 2.63 bits per heavy atom. The summed E-state index contributed by atoms with van der Waals surface area (Å²) in [4.78, 5) is 13.6. The Labute approximate surface area is 107 Å². The topological polar surface area (TPSA) is 42.1 Å². The Morgan fingerprint density at radius 2 is 2.05 bits per heavy atom. The summed E-state index contributed by atoms with van der Waals surface area (Å²) in [6.07, 6.45) is -4.94. The van der Waals surface area contributed by atoms with Gasteiger partial charge in [-0.15, -0.1) is 0 Å². The molecule has 0 aliphatic carbocycles. The highest BCUT2D eigenvalue weighted by Crippen LogP contribution is 2.36. The molecule has 0 aliphatic rings. The number of hydrogen-bond donors (Lipinski definition) is 1. The van der Waals surface area contributed by atoms with Crippen molar-refractivity contribution >= 4 is 16.9 Å². The number of benzene rings is 1. The molecule has 1 aromatic heterocycles. The summed E-state index contributed by atoms with van der Waals surface area (Å²) in [5, 5.41) is 0.401. The monoisotopic (exact) mass is 271 g/mol. The van der Waals surface area contributed by atoms with Gasteiger partial charge in [-0.05, 0) is 19.1 Å². The van der Waals surface area contributed by atoms with Gasteiger partial charge in [-0.25, -0.2) is 0 Å². The summed E-state index contributed by atoms with van der Waals surface area (Å²) in [7, 11) is 1.15. The van der Waals surface area contributed by atoms with E-state index in [-0.39, 0.29) is 5.56 Å². The van der Waals surface area contributed by atoms with Gasteiger partial charge in [0.2, 0.25) is 0 Å². The zero-order valence-electron chi connectivity index (χ0n) is 10.4. The van der Waals surface area contributed by atoms with Gasteiger partial charge < -0.3 is 9.72 Å². The van der Waals surface area contributed by atoms with E-state index in [9.17, 15) is 18.0 Å². The lowest BCUT2D eigenvalue weighted by Gasteiger charge is -2.07. The average Bonchev–Trinajstić information content (AvgIpc) is 2.67. The summed E-state index contributed by atoms with van der Waals surface area (Å²) in [6, 6.07) is 4.90. The minimum Gasteiger partial charge on any atom is -0.469 e. The minimum atomic E-state index is -4.53. The van der Waals surface area contributed by atoms with Crippen molar-refractivity contribution in [2.75, 3.05) is 7.11 Å². The number of hydrogen-bond acceptors (Lipinski definition) is 2. The Bertz CT molecular complexity index is 629. The van der Waals surface area contributed by atoms with Gasteiger partial charge in [0, 0.05) is 16.5 Å². The number of ether oxygens (including phenoxy) is 1. The molecule has 0 bridgehead atoms. The Balaban J connectivity index is 2.66. The number of esters is 1. The fraction of sp³-hybridized carbons (Fsp3) is 0.308. The van der Waals surface area contributed by atoms with Crippen molar-refractivity contribution in [3.05, 3.63) is 35.0 Å². The molecule has 0 amide bonds. The fourth-order valence-corrected chi connectivity index (χ4v) is 2.00. The predicted octanol–water partition coefficient (Wildman–Crippen LogP) is 3.21. The van der Waals surface area contributed by atoms with Crippen molar-refractivity contribution in [3.8, 4) is 0 Å². The van der Waals surface area contributed by atoms with E-state index < -0.39 is 24.3 Å². The van der Waals surface area contributed by atoms with Crippen LogP contribution in [0.5, 0.6) is 0 Å². The molecule has 6 heteroatoms. The molecule has 1 heterocycles. The van der Waals surface area contributed by atoms with Crippen molar-refractivity contribution in [3.63, 3.8) is 0 Å². The number of rotatable bonds is 2. The molecule has 0 saturated carbocycles. The number of carbonyl (C=O) groups is 1. The van der Waals surface area contributed by atoms with Gasteiger partial charge in [-0.3, -0.25) is 4.79 Å². The maximum Gasteiger partial charge on any atom is 0.431 e. The Kier molecular flexibility index (Phi) is 3.26. The molecule has 0 atom stereocenters. The molecule has 0 spiro atoms. The molecule has 0 fully saturated rings. The molecule has 0 aliphatic heterocycles. The van der Waals surface area contributed by atoms with Gasteiger partial charge in [0.25, 0.3) is 0 Å². The van der Waals surface area contributed by atoms with Crippen molar-refractivity contribution in [1.82, 2.24) is 4.98 Å². The van der Waals surface area contributed by atoms with Gasteiger partial charge in [-0.2, -0.15) is 13.2 Å². The van der Waals surface area contributed by atoms with E-state index in [1.165, 1.54) is 0 Å². The smallest absolute Gasteiger partial charge is 0.431 e. The van der Waals surface area contributed by atoms with Crippen molar-refractivity contribution in [1.29, 1.82) is 0 Å². The van der Waals surface area contributed by atoms with Gasteiger partial charge >= 0.3 is 12.1 Å². The molecule has 1 N–H and O–H groups in total. The molecule has 2 aromatic rings.